The number of benzene rings is 1. The normalized spacial score (nSPS) is 16.2. The zero-order valence-electron chi connectivity index (χ0n) is 9.43. The molecule has 1 N–H and O–H groups in total. The zero-order valence-corrected chi connectivity index (χ0v) is 9.43. The van der Waals surface area contributed by atoms with Gasteiger partial charge in [0.2, 0.25) is 6.79 Å². The monoisotopic (exact) mass is 221 g/mol. The van der Waals surface area contributed by atoms with Crippen molar-refractivity contribution in [2.24, 2.45) is 5.16 Å². The van der Waals surface area contributed by atoms with Crippen LogP contribution in [0.1, 0.15) is 31.7 Å². The highest BCUT2D eigenvalue weighted by Gasteiger charge is 2.16. The molecule has 1 aromatic rings. The van der Waals surface area contributed by atoms with E-state index in [1.807, 2.05) is 25.1 Å². The lowest BCUT2D eigenvalue weighted by molar-refractivity contribution is 0.174. The molecule has 0 aromatic heterocycles. The Morgan fingerprint density at radius 1 is 1.44 bits per heavy atom. The largest absolute Gasteiger partial charge is 0.454 e. The SMILES string of the molecule is C/C(CC(C)c1ccc2c(c1)OCO2)=N\O. The number of rotatable bonds is 3. The molecule has 1 aromatic carbocycles. The third-order valence-electron chi connectivity index (χ3n) is 2.74. The fourth-order valence-corrected chi connectivity index (χ4v) is 1.82. The minimum Gasteiger partial charge on any atom is -0.454 e. The lowest BCUT2D eigenvalue weighted by Crippen LogP contribution is -2.00. The molecule has 0 saturated carbocycles. The van der Waals surface area contributed by atoms with E-state index in [0.717, 1.165) is 29.2 Å². The molecular weight excluding hydrogens is 206 g/mol. The van der Waals surface area contributed by atoms with Gasteiger partial charge in [0.25, 0.3) is 0 Å². The summed E-state index contributed by atoms with van der Waals surface area (Å²) in [6.07, 6.45) is 0.732. The van der Waals surface area contributed by atoms with Crippen molar-refractivity contribution in [3.05, 3.63) is 23.8 Å². The molecule has 0 bridgehead atoms. The average Bonchev–Trinajstić information content (AvgIpc) is 2.75. The van der Waals surface area contributed by atoms with Gasteiger partial charge in [0.05, 0.1) is 5.71 Å². The highest BCUT2D eigenvalue weighted by molar-refractivity contribution is 5.82. The fraction of sp³-hybridized carbons (Fsp3) is 0.417. The first-order valence-corrected chi connectivity index (χ1v) is 5.28. The number of hydrogen-bond donors (Lipinski definition) is 1. The molecule has 1 unspecified atom stereocenters. The average molecular weight is 221 g/mol. The molecule has 4 heteroatoms. The number of oxime groups is 1. The van der Waals surface area contributed by atoms with E-state index in [0.29, 0.717) is 12.7 Å². The number of fused-ring (bicyclic) bond motifs is 1. The van der Waals surface area contributed by atoms with E-state index in [9.17, 15) is 0 Å². The number of hydrogen-bond acceptors (Lipinski definition) is 4. The van der Waals surface area contributed by atoms with Crippen LogP contribution in [0.25, 0.3) is 0 Å². The molecule has 2 rings (SSSR count). The Kier molecular flexibility index (Phi) is 2.99. The van der Waals surface area contributed by atoms with Gasteiger partial charge in [-0.05, 0) is 37.0 Å². The molecule has 0 fully saturated rings. The number of ether oxygens (including phenoxy) is 2. The summed E-state index contributed by atoms with van der Waals surface area (Å²) < 4.78 is 10.6. The van der Waals surface area contributed by atoms with Crippen LogP contribution in [0.2, 0.25) is 0 Å². The van der Waals surface area contributed by atoms with Crippen molar-refractivity contribution < 1.29 is 14.7 Å². The summed E-state index contributed by atoms with van der Waals surface area (Å²) in [5.41, 5.74) is 1.89. The summed E-state index contributed by atoms with van der Waals surface area (Å²) in [5.74, 6) is 1.89. The lowest BCUT2D eigenvalue weighted by atomic mass is 9.95. The molecular formula is C12H15NO3. The van der Waals surface area contributed by atoms with E-state index in [1.54, 1.807) is 0 Å². The molecule has 4 nitrogen and oxygen atoms in total. The summed E-state index contributed by atoms with van der Waals surface area (Å²) in [5, 5.41) is 11.8. The molecule has 1 atom stereocenters. The van der Waals surface area contributed by atoms with Crippen molar-refractivity contribution in [2.75, 3.05) is 6.79 Å². The Hall–Kier alpha value is -1.71. The van der Waals surface area contributed by atoms with E-state index in [2.05, 4.69) is 12.1 Å². The van der Waals surface area contributed by atoms with Crippen LogP contribution in [-0.4, -0.2) is 17.7 Å². The smallest absolute Gasteiger partial charge is 0.231 e. The number of nitrogens with zero attached hydrogens (tertiary/aromatic N) is 1. The Bertz CT molecular complexity index is 415. The second-order valence-corrected chi connectivity index (χ2v) is 4.05. The first-order valence-electron chi connectivity index (χ1n) is 5.28. The van der Waals surface area contributed by atoms with E-state index < -0.39 is 0 Å². The fourth-order valence-electron chi connectivity index (χ4n) is 1.82. The first kappa shape index (κ1) is 10.8. The van der Waals surface area contributed by atoms with Gasteiger partial charge in [0.15, 0.2) is 11.5 Å². The Morgan fingerprint density at radius 2 is 2.19 bits per heavy atom. The zero-order chi connectivity index (χ0) is 11.5. The van der Waals surface area contributed by atoms with E-state index in [4.69, 9.17) is 14.7 Å². The molecule has 1 aliphatic heterocycles. The Morgan fingerprint density at radius 3 is 2.94 bits per heavy atom. The molecule has 16 heavy (non-hydrogen) atoms. The van der Waals surface area contributed by atoms with Crippen LogP contribution in [0.5, 0.6) is 11.5 Å². The molecule has 1 heterocycles. The highest BCUT2D eigenvalue weighted by Crippen LogP contribution is 2.35. The highest BCUT2D eigenvalue weighted by atomic mass is 16.7. The van der Waals surface area contributed by atoms with Gasteiger partial charge in [-0.3, -0.25) is 0 Å². The second-order valence-electron chi connectivity index (χ2n) is 4.05. The third kappa shape index (κ3) is 2.10. The van der Waals surface area contributed by atoms with Crippen molar-refractivity contribution in [2.45, 2.75) is 26.2 Å². The van der Waals surface area contributed by atoms with Crippen molar-refractivity contribution in [3.63, 3.8) is 0 Å². The first-order chi connectivity index (χ1) is 7.70. The molecule has 0 amide bonds. The quantitative estimate of drug-likeness (QED) is 0.485. The van der Waals surface area contributed by atoms with Gasteiger partial charge in [-0.25, -0.2) is 0 Å². The van der Waals surface area contributed by atoms with Crippen molar-refractivity contribution in [1.82, 2.24) is 0 Å². The molecule has 0 saturated heterocycles. The van der Waals surface area contributed by atoms with Gasteiger partial charge in [-0.15, -0.1) is 0 Å². The third-order valence-corrected chi connectivity index (χ3v) is 2.74. The van der Waals surface area contributed by atoms with E-state index >= 15 is 0 Å². The van der Waals surface area contributed by atoms with E-state index in [-0.39, 0.29) is 0 Å². The molecule has 86 valence electrons. The summed E-state index contributed by atoms with van der Waals surface area (Å²) in [6, 6.07) is 5.92. The summed E-state index contributed by atoms with van der Waals surface area (Å²) in [4.78, 5) is 0. The van der Waals surface area contributed by atoms with Gasteiger partial charge in [0, 0.05) is 0 Å². The predicted octanol–water partition coefficient (Wildman–Crippen LogP) is 2.76. The maximum Gasteiger partial charge on any atom is 0.231 e. The van der Waals surface area contributed by atoms with E-state index in [1.165, 1.54) is 0 Å². The van der Waals surface area contributed by atoms with Crippen LogP contribution in [0.15, 0.2) is 23.4 Å². The van der Waals surface area contributed by atoms with Gasteiger partial charge in [0.1, 0.15) is 0 Å². The summed E-state index contributed by atoms with van der Waals surface area (Å²) in [7, 11) is 0. The van der Waals surface area contributed by atoms with Crippen LogP contribution in [-0.2, 0) is 0 Å². The Labute approximate surface area is 94.5 Å². The maximum absolute atomic E-state index is 8.63. The minimum absolute atomic E-state index is 0.296. The molecule has 1 aliphatic rings. The van der Waals surface area contributed by atoms with Crippen LogP contribution in [0.3, 0.4) is 0 Å². The van der Waals surface area contributed by atoms with Gasteiger partial charge >= 0.3 is 0 Å². The summed E-state index contributed by atoms with van der Waals surface area (Å²) >= 11 is 0. The van der Waals surface area contributed by atoms with Crippen molar-refractivity contribution in [3.8, 4) is 11.5 Å². The predicted molar refractivity (Wildman–Crippen MR) is 60.5 cm³/mol. The van der Waals surface area contributed by atoms with Crippen LogP contribution in [0.4, 0.5) is 0 Å². The molecule has 0 radical (unpaired) electrons. The van der Waals surface area contributed by atoms with Crippen LogP contribution in [0, 0.1) is 0 Å². The minimum atomic E-state index is 0.296. The van der Waals surface area contributed by atoms with Gasteiger partial charge < -0.3 is 14.7 Å². The maximum atomic E-state index is 8.63. The second kappa shape index (κ2) is 4.43. The Balaban J connectivity index is 2.15. The molecule has 0 aliphatic carbocycles. The lowest BCUT2D eigenvalue weighted by Gasteiger charge is -2.11. The van der Waals surface area contributed by atoms with Crippen LogP contribution < -0.4 is 9.47 Å². The van der Waals surface area contributed by atoms with Gasteiger partial charge in [-0.2, -0.15) is 0 Å². The molecule has 0 spiro atoms. The van der Waals surface area contributed by atoms with Crippen molar-refractivity contribution in [1.29, 1.82) is 0 Å². The standard InChI is InChI=1S/C12H15NO3/c1-8(5-9(2)13-14)10-3-4-11-12(6-10)16-7-15-11/h3-4,6,8,14H,5,7H2,1-2H3/b13-9+. The van der Waals surface area contributed by atoms with Crippen molar-refractivity contribution >= 4 is 5.71 Å². The topological polar surface area (TPSA) is 51.0 Å². The van der Waals surface area contributed by atoms with Gasteiger partial charge in [-0.1, -0.05) is 18.1 Å². The summed E-state index contributed by atoms with van der Waals surface area (Å²) in [6.45, 7) is 4.19. The van der Waals surface area contributed by atoms with Crippen LogP contribution >= 0.6 is 0 Å².